The van der Waals surface area contributed by atoms with Crippen LogP contribution in [0.2, 0.25) is 0 Å². The number of anilines is 1. The van der Waals surface area contributed by atoms with Gasteiger partial charge in [-0.3, -0.25) is 0 Å². The zero-order valence-electron chi connectivity index (χ0n) is 7.24. The van der Waals surface area contributed by atoms with E-state index in [9.17, 15) is 13.2 Å². The molecule has 15 heavy (non-hydrogen) atoms. The van der Waals surface area contributed by atoms with Crippen molar-refractivity contribution in [2.24, 2.45) is 0 Å². The first kappa shape index (κ1) is 12.4. The maximum atomic E-state index is 12.0. The third-order valence-corrected chi connectivity index (χ3v) is 2.50. The Balaban J connectivity index is 3.11. The highest BCUT2D eigenvalue weighted by molar-refractivity contribution is 9.10. The molecule has 1 aromatic carbocycles. The Morgan fingerprint density at radius 2 is 2.00 bits per heavy atom. The molecule has 0 heterocycles. The lowest BCUT2D eigenvalue weighted by molar-refractivity contribution is -0.274. The van der Waals surface area contributed by atoms with E-state index in [4.69, 9.17) is 17.3 Å². The quantitative estimate of drug-likeness (QED) is 0.668. The summed E-state index contributed by atoms with van der Waals surface area (Å²) in [5.41, 5.74) is 5.77. The highest BCUT2D eigenvalue weighted by atomic mass is 79.9. The first-order valence-corrected chi connectivity index (χ1v) is 5.06. The van der Waals surface area contributed by atoms with Crippen molar-refractivity contribution in [1.82, 2.24) is 0 Å². The molecule has 0 radical (unpaired) electrons. The van der Waals surface area contributed by atoms with Gasteiger partial charge in [0.05, 0.1) is 5.69 Å². The van der Waals surface area contributed by atoms with Gasteiger partial charge in [-0.15, -0.1) is 24.8 Å². The van der Waals surface area contributed by atoms with E-state index in [1.54, 1.807) is 0 Å². The largest absolute Gasteiger partial charge is 0.573 e. The van der Waals surface area contributed by atoms with Crippen molar-refractivity contribution in [2.75, 3.05) is 5.73 Å². The molecule has 2 N–H and O–H groups in total. The predicted molar refractivity (Wildman–Crippen MR) is 54.8 cm³/mol. The van der Waals surface area contributed by atoms with Crippen molar-refractivity contribution in [3.05, 3.63) is 22.2 Å². The molecule has 0 aromatic heterocycles. The van der Waals surface area contributed by atoms with Gasteiger partial charge in [-0.2, -0.15) is 0 Å². The summed E-state index contributed by atoms with van der Waals surface area (Å²) in [6.07, 6.45) is -4.77. The standard InChI is InChI=1S/C8H6BrClF3NO/c9-5-1-4(3-10)2-6(7(5)14)15-8(11,12)13/h1-2H,3,14H2. The molecule has 0 spiro atoms. The minimum absolute atomic E-state index is 0.0765. The van der Waals surface area contributed by atoms with Crippen molar-refractivity contribution in [1.29, 1.82) is 0 Å². The Hall–Kier alpha value is -0.620. The number of hydrogen-bond acceptors (Lipinski definition) is 2. The van der Waals surface area contributed by atoms with E-state index in [1.807, 2.05) is 0 Å². The van der Waals surface area contributed by atoms with Crippen LogP contribution in [0.15, 0.2) is 16.6 Å². The van der Waals surface area contributed by atoms with E-state index in [1.165, 1.54) is 6.07 Å². The molecule has 0 aliphatic carbocycles. The van der Waals surface area contributed by atoms with E-state index < -0.39 is 12.1 Å². The molecule has 2 nitrogen and oxygen atoms in total. The van der Waals surface area contributed by atoms with Crippen LogP contribution < -0.4 is 10.5 Å². The van der Waals surface area contributed by atoms with Gasteiger partial charge >= 0.3 is 6.36 Å². The summed E-state index contributed by atoms with van der Waals surface area (Å²) < 4.78 is 39.9. The van der Waals surface area contributed by atoms with Crippen molar-refractivity contribution in [3.63, 3.8) is 0 Å². The van der Waals surface area contributed by atoms with Gasteiger partial charge in [0.2, 0.25) is 0 Å². The number of alkyl halides is 4. The van der Waals surface area contributed by atoms with Crippen LogP contribution in [0.3, 0.4) is 0 Å². The fourth-order valence-corrected chi connectivity index (χ4v) is 1.58. The number of halogens is 5. The molecule has 0 saturated heterocycles. The van der Waals surface area contributed by atoms with Crippen molar-refractivity contribution in [3.8, 4) is 5.75 Å². The van der Waals surface area contributed by atoms with Crippen LogP contribution in [0, 0.1) is 0 Å². The molecule has 7 heteroatoms. The first-order chi connectivity index (χ1) is 6.83. The van der Waals surface area contributed by atoms with Gasteiger partial charge in [0.1, 0.15) is 0 Å². The Morgan fingerprint density at radius 1 is 1.40 bits per heavy atom. The molecule has 1 rings (SSSR count). The van der Waals surface area contributed by atoms with Crippen LogP contribution >= 0.6 is 27.5 Å². The lowest BCUT2D eigenvalue weighted by atomic mass is 10.2. The molecule has 0 bridgehead atoms. The van der Waals surface area contributed by atoms with Crippen LogP contribution in [0.5, 0.6) is 5.75 Å². The second-order valence-electron chi connectivity index (χ2n) is 2.67. The lowest BCUT2D eigenvalue weighted by Crippen LogP contribution is -2.18. The zero-order chi connectivity index (χ0) is 11.6. The first-order valence-electron chi connectivity index (χ1n) is 3.73. The molecular weight excluding hydrogens is 298 g/mol. The average Bonchev–Trinajstić information content (AvgIpc) is 2.10. The van der Waals surface area contributed by atoms with Crippen molar-refractivity contribution < 1.29 is 17.9 Å². The Bertz CT molecular complexity index is 370. The lowest BCUT2D eigenvalue weighted by Gasteiger charge is -2.13. The molecule has 1 aromatic rings. The van der Waals surface area contributed by atoms with Gasteiger partial charge in [0.25, 0.3) is 0 Å². The fourth-order valence-electron chi connectivity index (χ4n) is 0.932. The molecule has 84 valence electrons. The van der Waals surface area contributed by atoms with Crippen LogP contribution in [-0.2, 0) is 5.88 Å². The molecular formula is C8H6BrClF3NO. The van der Waals surface area contributed by atoms with E-state index in [2.05, 4.69) is 20.7 Å². The van der Waals surface area contributed by atoms with E-state index in [-0.39, 0.29) is 11.6 Å². The second-order valence-corrected chi connectivity index (χ2v) is 3.79. The third kappa shape index (κ3) is 3.46. The highest BCUT2D eigenvalue weighted by Gasteiger charge is 2.32. The predicted octanol–water partition coefficient (Wildman–Crippen LogP) is 3.67. The SMILES string of the molecule is Nc1c(Br)cc(CCl)cc1OC(F)(F)F. The summed E-state index contributed by atoms with van der Waals surface area (Å²) >= 11 is 8.51. The monoisotopic (exact) mass is 303 g/mol. The summed E-state index contributed by atoms with van der Waals surface area (Å²) in [6, 6.07) is 2.69. The van der Waals surface area contributed by atoms with E-state index >= 15 is 0 Å². The number of nitrogens with two attached hydrogens (primary N) is 1. The summed E-state index contributed by atoms with van der Waals surface area (Å²) in [6.45, 7) is 0. The zero-order valence-corrected chi connectivity index (χ0v) is 9.58. The molecule has 0 aliphatic heterocycles. The van der Waals surface area contributed by atoms with Gasteiger partial charge in [0, 0.05) is 10.4 Å². The molecule has 0 amide bonds. The minimum Gasteiger partial charge on any atom is -0.404 e. The number of benzene rings is 1. The van der Waals surface area contributed by atoms with Gasteiger partial charge in [0.15, 0.2) is 5.75 Å². The van der Waals surface area contributed by atoms with Crippen LogP contribution in [0.4, 0.5) is 18.9 Å². The third-order valence-electron chi connectivity index (χ3n) is 1.53. The van der Waals surface area contributed by atoms with Gasteiger partial charge in [-0.05, 0) is 33.6 Å². The van der Waals surface area contributed by atoms with E-state index in [0.717, 1.165) is 6.07 Å². The number of ether oxygens (including phenoxy) is 1. The van der Waals surface area contributed by atoms with Crippen LogP contribution in [0.25, 0.3) is 0 Å². The Morgan fingerprint density at radius 3 is 2.47 bits per heavy atom. The number of nitrogen functional groups attached to an aromatic ring is 1. The number of rotatable bonds is 2. The van der Waals surface area contributed by atoms with Crippen molar-refractivity contribution in [2.45, 2.75) is 12.2 Å². The van der Waals surface area contributed by atoms with E-state index in [0.29, 0.717) is 10.0 Å². The topological polar surface area (TPSA) is 35.2 Å². The second kappa shape index (κ2) is 4.49. The Labute approximate surface area is 97.3 Å². The molecule has 0 aliphatic rings. The molecule has 0 atom stereocenters. The van der Waals surface area contributed by atoms with Gasteiger partial charge in [-0.25, -0.2) is 0 Å². The summed E-state index contributed by atoms with van der Waals surface area (Å²) in [4.78, 5) is 0. The number of hydrogen-bond donors (Lipinski definition) is 1. The average molecular weight is 304 g/mol. The molecule has 0 saturated carbocycles. The smallest absolute Gasteiger partial charge is 0.404 e. The summed E-state index contributed by atoms with van der Waals surface area (Å²) in [5.74, 6) is -0.375. The normalized spacial score (nSPS) is 11.5. The highest BCUT2D eigenvalue weighted by Crippen LogP contribution is 2.35. The fraction of sp³-hybridized carbons (Fsp3) is 0.250. The van der Waals surface area contributed by atoms with Crippen LogP contribution in [0.1, 0.15) is 5.56 Å². The van der Waals surface area contributed by atoms with Gasteiger partial charge < -0.3 is 10.5 Å². The van der Waals surface area contributed by atoms with Crippen LogP contribution in [-0.4, -0.2) is 6.36 Å². The molecule has 0 unspecified atom stereocenters. The summed E-state index contributed by atoms with van der Waals surface area (Å²) in [5, 5.41) is 0. The van der Waals surface area contributed by atoms with Gasteiger partial charge in [-0.1, -0.05) is 0 Å². The summed E-state index contributed by atoms with van der Waals surface area (Å²) in [7, 11) is 0. The minimum atomic E-state index is -4.77. The van der Waals surface area contributed by atoms with Crippen molar-refractivity contribution >= 4 is 33.2 Å². The Kier molecular flexibility index (Phi) is 3.72. The maximum Gasteiger partial charge on any atom is 0.573 e. The molecule has 0 fully saturated rings. The maximum absolute atomic E-state index is 12.0.